The fourth-order valence-electron chi connectivity index (χ4n) is 2.21. The van der Waals surface area contributed by atoms with Crippen molar-refractivity contribution in [3.05, 3.63) is 56.5 Å². The van der Waals surface area contributed by atoms with Gasteiger partial charge in [-0.25, -0.2) is 4.39 Å². The maximum atomic E-state index is 13.3. The Morgan fingerprint density at radius 3 is 2.48 bits per heavy atom. The van der Waals surface area contributed by atoms with Crippen LogP contribution in [0.25, 0.3) is 0 Å². The first-order chi connectivity index (χ1) is 9.82. The van der Waals surface area contributed by atoms with Gasteiger partial charge in [0.05, 0.1) is 6.04 Å². The van der Waals surface area contributed by atoms with Crippen LogP contribution in [0, 0.1) is 5.82 Å². The number of hydrogen-bond acceptors (Lipinski definition) is 2. The lowest BCUT2D eigenvalue weighted by Gasteiger charge is -2.19. The van der Waals surface area contributed by atoms with Gasteiger partial charge in [-0.05, 0) is 41.8 Å². The Balaban J connectivity index is 2.41. The van der Waals surface area contributed by atoms with Gasteiger partial charge < -0.3 is 5.32 Å². The molecule has 114 valence electrons. The molecule has 0 aliphatic heterocycles. The molecule has 2 aromatic rings. The van der Waals surface area contributed by atoms with Crippen LogP contribution in [0.3, 0.4) is 0 Å². The Hall–Kier alpha value is -0.900. The molecule has 1 aromatic heterocycles. The third-order valence-corrected chi connectivity index (χ3v) is 5.24. The van der Waals surface area contributed by atoms with Crippen molar-refractivity contribution >= 4 is 22.9 Å². The van der Waals surface area contributed by atoms with Crippen LogP contribution in [0.4, 0.5) is 4.39 Å². The predicted octanol–water partition coefficient (Wildman–Crippen LogP) is 5.54. The van der Waals surface area contributed by atoms with E-state index in [0.717, 1.165) is 12.1 Å². The van der Waals surface area contributed by atoms with Gasteiger partial charge in [-0.3, -0.25) is 0 Å². The maximum absolute atomic E-state index is 13.3. The van der Waals surface area contributed by atoms with E-state index in [0.29, 0.717) is 5.02 Å². The Bertz CT molecular complexity index is 615. The Morgan fingerprint density at radius 1 is 1.24 bits per heavy atom. The summed E-state index contributed by atoms with van der Waals surface area (Å²) < 4.78 is 13.3. The second-order valence-corrected chi connectivity index (χ2v) is 7.63. The zero-order chi connectivity index (χ0) is 15.6. The van der Waals surface area contributed by atoms with Crippen LogP contribution >= 0.6 is 22.9 Å². The van der Waals surface area contributed by atoms with Gasteiger partial charge in [0.25, 0.3) is 0 Å². The average Bonchev–Trinajstić information content (AvgIpc) is 2.86. The second-order valence-electron chi connectivity index (χ2n) is 6.11. The fourth-order valence-corrected chi connectivity index (χ4v) is 3.65. The van der Waals surface area contributed by atoms with Crippen molar-refractivity contribution in [2.75, 3.05) is 6.54 Å². The lowest BCUT2D eigenvalue weighted by Crippen LogP contribution is -2.21. The molecule has 1 aromatic carbocycles. The average molecular weight is 326 g/mol. The second kappa shape index (κ2) is 6.47. The summed E-state index contributed by atoms with van der Waals surface area (Å²) in [5.41, 5.74) is 1.05. The van der Waals surface area contributed by atoms with Crippen molar-refractivity contribution < 1.29 is 4.39 Å². The van der Waals surface area contributed by atoms with Gasteiger partial charge in [-0.1, -0.05) is 45.4 Å². The fraction of sp³-hybridized carbons (Fsp3) is 0.412. The van der Waals surface area contributed by atoms with Gasteiger partial charge in [0.15, 0.2) is 0 Å². The van der Waals surface area contributed by atoms with Crippen LogP contribution in [-0.2, 0) is 5.41 Å². The predicted molar refractivity (Wildman–Crippen MR) is 89.9 cm³/mol. The van der Waals surface area contributed by atoms with Crippen molar-refractivity contribution in [1.82, 2.24) is 5.32 Å². The highest BCUT2D eigenvalue weighted by atomic mass is 35.5. The molecule has 1 heterocycles. The Kier molecular flexibility index (Phi) is 5.07. The molecular weight excluding hydrogens is 305 g/mol. The third kappa shape index (κ3) is 3.85. The smallest absolute Gasteiger partial charge is 0.124 e. The maximum Gasteiger partial charge on any atom is 0.124 e. The summed E-state index contributed by atoms with van der Waals surface area (Å²) in [5.74, 6) is -0.305. The molecule has 0 radical (unpaired) electrons. The van der Waals surface area contributed by atoms with E-state index in [9.17, 15) is 4.39 Å². The first-order valence-corrected chi connectivity index (χ1v) is 8.31. The van der Waals surface area contributed by atoms with Gasteiger partial charge in [0.1, 0.15) is 5.82 Å². The van der Waals surface area contributed by atoms with E-state index in [-0.39, 0.29) is 17.3 Å². The van der Waals surface area contributed by atoms with Crippen LogP contribution in [0.2, 0.25) is 5.02 Å². The molecule has 1 N–H and O–H groups in total. The minimum absolute atomic E-state index is 0.00389. The third-order valence-electron chi connectivity index (χ3n) is 3.33. The number of thiophene rings is 1. The summed E-state index contributed by atoms with van der Waals surface area (Å²) in [6.07, 6.45) is 0. The summed E-state index contributed by atoms with van der Waals surface area (Å²) in [5, 5.41) is 3.91. The lowest BCUT2D eigenvalue weighted by molar-refractivity contribution is 0.604. The molecule has 0 saturated carbocycles. The van der Waals surface area contributed by atoms with Gasteiger partial charge in [0, 0.05) is 14.8 Å². The monoisotopic (exact) mass is 325 g/mol. The van der Waals surface area contributed by atoms with E-state index in [4.69, 9.17) is 11.6 Å². The molecule has 0 fully saturated rings. The Morgan fingerprint density at radius 2 is 1.95 bits per heavy atom. The van der Waals surface area contributed by atoms with E-state index in [1.165, 1.54) is 21.9 Å². The summed E-state index contributed by atoms with van der Waals surface area (Å²) in [6, 6.07) is 8.91. The molecule has 0 saturated heterocycles. The molecule has 0 amide bonds. The van der Waals surface area contributed by atoms with Gasteiger partial charge >= 0.3 is 0 Å². The molecule has 2 rings (SSSR count). The lowest BCUT2D eigenvalue weighted by atomic mass is 9.95. The Labute approximate surface area is 135 Å². The van der Waals surface area contributed by atoms with Crippen molar-refractivity contribution in [3.8, 4) is 0 Å². The molecule has 21 heavy (non-hydrogen) atoms. The molecular formula is C17H21ClFNS. The highest BCUT2D eigenvalue weighted by Crippen LogP contribution is 2.36. The molecule has 0 bridgehead atoms. The number of rotatable bonds is 4. The number of hydrogen-bond donors (Lipinski definition) is 1. The molecule has 1 atom stereocenters. The van der Waals surface area contributed by atoms with Crippen LogP contribution in [0.1, 0.15) is 49.1 Å². The minimum Gasteiger partial charge on any atom is -0.306 e. The van der Waals surface area contributed by atoms with Crippen LogP contribution in [-0.4, -0.2) is 6.54 Å². The summed E-state index contributed by atoms with van der Waals surface area (Å²) >= 11 is 8.01. The SMILES string of the molecule is CCNC(c1ccc(C(C)(C)C)s1)c1ccc(F)cc1Cl. The summed E-state index contributed by atoms with van der Waals surface area (Å²) in [4.78, 5) is 2.54. The van der Waals surface area contributed by atoms with Gasteiger partial charge in [0.2, 0.25) is 0 Å². The first-order valence-electron chi connectivity index (χ1n) is 7.11. The van der Waals surface area contributed by atoms with Crippen molar-refractivity contribution in [2.24, 2.45) is 0 Å². The highest BCUT2D eigenvalue weighted by Gasteiger charge is 2.22. The van der Waals surface area contributed by atoms with E-state index in [1.54, 1.807) is 17.4 Å². The number of nitrogens with one attached hydrogen (secondary N) is 1. The summed E-state index contributed by atoms with van der Waals surface area (Å²) in [6.45, 7) is 9.49. The normalized spacial score (nSPS) is 13.4. The molecule has 4 heteroatoms. The van der Waals surface area contributed by atoms with E-state index in [2.05, 4.69) is 45.1 Å². The van der Waals surface area contributed by atoms with Gasteiger partial charge in [-0.15, -0.1) is 11.3 Å². The first kappa shape index (κ1) is 16.5. The topological polar surface area (TPSA) is 12.0 Å². The van der Waals surface area contributed by atoms with Crippen molar-refractivity contribution in [1.29, 1.82) is 0 Å². The number of halogens is 2. The molecule has 1 nitrogen and oxygen atoms in total. The van der Waals surface area contributed by atoms with Crippen LogP contribution in [0.15, 0.2) is 30.3 Å². The van der Waals surface area contributed by atoms with Crippen LogP contribution in [0.5, 0.6) is 0 Å². The summed E-state index contributed by atoms with van der Waals surface area (Å²) in [7, 11) is 0. The zero-order valence-electron chi connectivity index (χ0n) is 12.8. The highest BCUT2D eigenvalue weighted by molar-refractivity contribution is 7.12. The quantitative estimate of drug-likeness (QED) is 0.778. The molecule has 0 aliphatic carbocycles. The van der Waals surface area contributed by atoms with Crippen LogP contribution < -0.4 is 5.32 Å². The zero-order valence-corrected chi connectivity index (χ0v) is 14.4. The minimum atomic E-state index is -0.305. The van der Waals surface area contributed by atoms with Crippen molar-refractivity contribution in [2.45, 2.75) is 39.2 Å². The van der Waals surface area contributed by atoms with Crippen molar-refractivity contribution in [3.63, 3.8) is 0 Å². The number of benzene rings is 1. The van der Waals surface area contributed by atoms with E-state index in [1.807, 2.05) is 0 Å². The van der Waals surface area contributed by atoms with E-state index >= 15 is 0 Å². The molecule has 1 unspecified atom stereocenters. The molecule has 0 spiro atoms. The standard InChI is InChI=1S/C17H21ClFNS/c1-5-20-16(12-7-6-11(19)10-13(12)18)14-8-9-15(21-14)17(2,3)4/h6-10,16,20H,5H2,1-4H3. The molecule has 0 aliphatic rings. The van der Waals surface area contributed by atoms with Gasteiger partial charge in [-0.2, -0.15) is 0 Å². The largest absolute Gasteiger partial charge is 0.306 e. The van der Waals surface area contributed by atoms with E-state index < -0.39 is 0 Å².